The molecule has 25 heavy (non-hydrogen) atoms. The van der Waals surface area contributed by atoms with Gasteiger partial charge in [0.1, 0.15) is 5.69 Å². The van der Waals surface area contributed by atoms with Gasteiger partial charge >= 0.3 is 0 Å². The van der Waals surface area contributed by atoms with Crippen molar-refractivity contribution >= 4 is 16.9 Å². The zero-order valence-corrected chi connectivity index (χ0v) is 13.8. The highest BCUT2D eigenvalue weighted by Gasteiger charge is 2.25. The van der Waals surface area contributed by atoms with Gasteiger partial charge in [0.15, 0.2) is 0 Å². The lowest BCUT2D eigenvalue weighted by Gasteiger charge is -2.23. The van der Waals surface area contributed by atoms with Crippen molar-refractivity contribution in [3.63, 3.8) is 0 Å². The van der Waals surface area contributed by atoms with E-state index in [1.54, 1.807) is 17.3 Å². The molecule has 1 saturated heterocycles. The van der Waals surface area contributed by atoms with Crippen LogP contribution in [0.15, 0.2) is 48.9 Å². The Labute approximate surface area is 145 Å². The fraction of sp³-hybridized carbons (Fsp3) is 0.333. The number of amides is 1. The van der Waals surface area contributed by atoms with Crippen molar-refractivity contribution in [3.8, 4) is 0 Å². The molecule has 1 amide bonds. The molecule has 0 spiro atoms. The van der Waals surface area contributed by atoms with E-state index in [2.05, 4.69) is 15.1 Å². The zero-order valence-electron chi connectivity index (χ0n) is 13.8. The van der Waals surface area contributed by atoms with E-state index in [1.165, 1.54) is 0 Å². The maximum Gasteiger partial charge on any atom is 0.274 e. The first-order valence-electron chi connectivity index (χ1n) is 8.40. The van der Waals surface area contributed by atoms with Gasteiger partial charge in [0.05, 0.1) is 29.9 Å². The predicted molar refractivity (Wildman–Crippen MR) is 92.0 cm³/mol. The zero-order chi connectivity index (χ0) is 17.1. The number of hydrogen-bond donors (Lipinski definition) is 0. The minimum atomic E-state index is -0.103. The fourth-order valence-corrected chi connectivity index (χ4v) is 3.03. The third-order valence-corrected chi connectivity index (χ3v) is 4.25. The Bertz CT molecular complexity index is 865. The molecule has 128 valence electrons. The second-order valence-corrected chi connectivity index (χ2v) is 6.07. The number of para-hydroxylation sites is 2. The molecule has 7 nitrogen and oxygen atoms in total. The monoisotopic (exact) mass is 337 g/mol. The van der Waals surface area contributed by atoms with Gasteiger partial charge in [-0.15, -0.1) is 0 Å². The van der Waals surface area contributed by atoms with Crippen LogP contribution in [0.4, 0.5) is 0 Å². The molecule has 3 heterocycles. The highest BCUT2D eigenvalue weighted by molar-refractivity contribution is 5.93. The van der Waals surface area contributed by atoms with Crippen LogP contribution in [0.1, 0.15) is 16.9 Å². The van der Waals surface area contributed by atoms with E-state index in [0.717, 1.165) is 17.5 Å². The van der Waals surface area contributed by atoms with E-state index in [4.69, 9.17) is 4.74 Å². The molecule has 3 aromatic rings. The quantitative estimate of drug-likeness (QED) is 0.728. The molecule has 0 N–H and O–H groups in total. The Kier molecular flexibility index (Phi) is 4.39. The summed E-state index contributed by atoms with van der Waals surface area (Å²) in [5.74, 6) is -0.103. The summed E-state index contributed by atoms with van der Waals surface area (Å²) in [6.45, 7) is 2.44. The summed E-state index contributed by atoms with van der Waals surface area (Å²) in [6.07, 6.45) is 5.92. The first kappa shape index (κ1) is 15.7. The largest absolute Gasteiger partial charge is 0.374 e. The van der Waals surface area contributed by atoms with Crippen LogP contribution in [0.25, 0.3) is 11.0 Å². The average molecular weight is 337 g/mol. The minimum absolute atomic E-state index is 0.0836. The van der Waals surface area contributed by atoms with Crippen LogP contribution in [-0.4, -0.2) is 56.4 Å². The van der Waals surface area contributed by atoms with Gasteiger partial charge in [0.2, 0.25) is 0 Å². The number of carbonyl (C=O) groups is 1. The molecule has 1 fully saturated rings. The maximum absolute atomic E-state index is 12.9. The van der Waals surface area contributed by atoms with Crippen LogP contribution in [0.3, 0.4) is 0 Å². The highest BCUT2D eigenvalue weighted by atomic mass is 16.5. The first-order chi connectivity index (χ1) is 12.3. The van der Waals surface area contributed by atoms with Crippen molar-refractivity contribution in [1.82, 2.24) is 24.6 Å². The number of fused-ring (bicyclic) bond motifs is 1. The van der Waals surface area contributed by atoms with E-state index >= 15 is 0 Å². The molecule has 1 unspecified atom stereocenters. The van der Waals surface area contributed by atoms with Gasteiger partial charge in [-0.05, 0) is 24.6 Å². The second-order valence-electron chi connectivity index (χ2n) is 6.07. The average Bonchev–Trinajstić information content (AvgIpc) is 3.05. The van der Waals surface area contributed by atoms with Crippen molar-refractivity contribution in [2.75, 3.05) is 19.7 Å². The standard InChI is InChI=1S/C18H19N5O2/c24-18(17-11-19-15-5-1-2-6-16(15)21-17)22-8-4-10-25-14(12-22)13-23-9-3-7-20-23/h1-3,5-7,9,11,14H,4,8,10,12-13H2. The van der Waals surface area contributed by atoms with Crippen LogP contribution in [0.5, 0.6) is 0 Å². The van der Waals surface area contributed by atoms with Gasteiger partial charge < -0.3 is 9.64 Å². The number of carbonyl (C=O) groups excluding carboxylic acids is 1. The summed E-state index contributed by atoms with van der Waals surface area (Å²) >= 11 is 0. The van der Waals surface area contributed by atoms with Crippen molar-refractivity contribution in [2.45, 2.75) is 19.1 Å². The molecule has 1 aromatic carbocycles. The summed E-state index contributed by atoms with van der Waals surface area (Å²) in [5.41, 5.74) is 1.89. The molecule has 1 aliphatic heterocycles. The topological polar surface area (TPSA) is 73.1 Å². The number of benzene rings is 1. The van der Waals surface area contributed by atoms with Crippen LogP contribution in [-0.2, 0) is 11.3 Å². The third-order valence-electron chi connectivity index (χ3n) is 4.25. The lowest BCUT2D eigenvalue weighted by Crippen LogP contribution is -2.39. The van der Waals surface area contributed by atoms with Crippen LogP contribution < -0.4 is 0 Å². The van der Waals surface area contributed by atoms with Crippen molar-refractivity contribution < 1.29 is 9.53 Å². The number of rotatable bonds is 3. The lowest BCUT2D eigenvalue weighted by atomic mass is 10.2. The number of nitrogens with zero attached hydrogens (tertiary/aromatic N) is 5. The molecule has 2 aromatic heterocycles. The van der Waals surface area contributed by atoms with Crippen molar-refractivity contribution in [2.24, 2.45) is 0 Å². The summed E-state index contributed by atoms with van der Waals surface area (Å²) in [7, 11) is 0. The Morgan fingerprint density at radius 3 is 2.96 bits per heavy atom. The van der Waals surface area contributed by atoms with Crippen LogP contribution in [0.2, 0.25) is 0 Å². The molecule has 7 heteroatoms. The van der Waals surface area contributed by atoms with Gasteiger partial charge in [-0.2, -0.15) is 5.10 Å². The molecule has 0 aliphatic carbocycles. The Morgan fingerprint density at radius 1 is 1.24 bits per heavy atom. The molecule has 0 bridgehead atoms. The second kappa shape index (κ2) is 6.98. The van der Waals surface area contributed by atoms with Crippen molar-refractivity contribution in [3.05, 3.63) is 54.6 Å². The van der Waals surface area contributed by atoms with E-state index in [-0.39, 0.29) is 12.0 Å². The Morgan fingerprint density at radius 2 is 2.12 bits per heavy atom. The molecule has 4 rings (SSSR count). The number of aromatic nitrogens is 4. The fourth-order valence-electron chi connectivity index (χ4n) is 3.03. The third kappa shape index (κ3) is 3.51. The van der Waals surface area contributed by atoms with Crippen LogP contribution in [0, 0.1) is 0 Å². The Balaban J connectivity index is 1.52. The van der Waals surface area contributed by atoms with Gasteiger partial charge in [-0.3, -0.25) is 14.5 Å². The summed E-state index contributed by atoms with van der Waals surface area (Å²) in [6, 6.07) is 9.43. The molecule has 1 atom stereocenters. The van der Waals surface area contributed by atoms with Crippen molar-refractivity contribution in [1.29, 1.82) is 0 Å². The molecule has 0 radical (unpaired) electrons. The molecule has 1 aliphatic rings. The molecular formula is C18H19N5O2. The maximum atomic E-state index is 12.9. The van der Waals surface area contributed by atoms with Gasteiger partial charge in [-0.1, -0.05) is 12.1 Å². The smallest absolute Gasteiger partial charge is 0.274 e. The predicted octanol–water partition coefficient (Wildman–Crippen LogP) is 1.76. The minimum Gasteiger partial charge on any atom is -0.374 e. The first-order valence-corrected chi connectivity index (χ1v) is 8.40. The van der Waals surface area contributed by atoms with Gasteiger partial charge in [0, 0.05) is 32.1 Å². The Hall–Kier alpha value is -2.80. The number of hydrogen-bond acceptors (Lipinski definition) is 5. The summed E-state index contributed by atoms with van der Waals surface area (Å²) < 4.78 is 7.70. The van der Waals surface area contributed by atoms with E-state index in [9.17, 15) is 4.79 Å². The number of ether oxygens (including phenoxy) is 1. The van der Waals surface area contributed by atoms with E-state index in [0.29, 0.717) is 31.9 Å². The normalized spacial score (nSPS) is 18.2. The van der Waals surface area contributed by atoms with E-state index < -0.39 is 0 Å². The lowest BCUT2D eigenvalue weighted by molar-refractivity contribution is 0.0365. The highest BCUT2D eigenvalue weighted by Crippen LogP contribution is 2.13. The summed E-state index contributed by atoms with van der Waals surface area (Å²) in [5, 5.41) is 4.21. The van der Waals surface area contributed by atoms with E-state index in [1.807, 2.05) is 41.2 Å². The molecular weight excluding hydrogens is 318 g/mol. The van der Waals surface area contributed by atoms with Gasteiger partial charge in [-0.25, -0.2) is 4.98 Å². The summed E-state index contributed by atoms with van der Waals surface area (Å²) in [4.78, 5) is 23.5. The molecule has 0 saturated carbocycles. The van der Waals surface area contributed by atoms with Crippen LogP contribution >= 0.6 is 0 Å². The van der Waals surface area contributed by atoms with Gasteiger partial charge in [0.25, 0.3) is 5.91 Å². The SMILES string of the molecule is O=C(c1cnc2ccccc2n1)N1CCCOC(Cn2cccn2)C1.